The molecule has 25 heavy (non-hydrogen) atoms. The van der Waals surface area contributed by atoms with Crippen molar-refractivity contribution in [1.82, 2.24) is 0 Å². The second-order valence-electron chi connectivity index (χ2n) is 4.82. The third-order valence-corrected chi connectivity index (χ3v) is 3.68. The first-order valence-electron chi connectivity index (χ1n) is 7.08. The number of esters is 1. The first-order chi connectivity index (χ1) is 11.9. The Labute approximate surface area is 154 Å². The van der Waals surface area contributed by atoms with Crippen molar-refractivity contribution in [2.45, 2.75) is 0 Å². The zero-order chi connectivity index (χ0) is 18.4. The van der Waals surface area contributed by atoms with E-state index in [0.29, 0.717) is 10.8 Å². The molecule has 0 heterocycles. The van der Waals surface area contributed by atoms with Crippen LogP contribution in [-0.2, 0) is 9.53 Å². The molecule has 2 aromatic carbocycles. The van der Waals surface area contributed by atoms with Gasteiger partial charge in [0.15, 0.2) is 6.61 Å². The van der Waals surface area contributed by atoms with Gasteiger partial charge in [0.2, 0.25) is 0 Å². The van der Waals surface area contributed by atoms with Crippen molar-refractivity contribution in [3.05, 3.63) is 52.0 Å². The Hall–Kier alpha value is -2.44. The number of halogens is 2. The molecule has 1 amide bonds. The molecule has 132 valence electrons. The molecule has 0 radical (unpaired) electrons. The van der Waals surface area contributed by atoms with Crippen molar-refractivity contribution in [2.24, 2.45) is 0 Å². The summed E-state index contributed by atoms with van der Waals surface area (Å²) in [6.45, 7) is -0.238. The largest absolute Gasteiger partial charge is 0.496 e. The van der Waals surface area contributed by atoms with E-state index < -0.39 is 11.9 Å². The highest BCUT2D eigenvalue weighted by atomic mass is 35.5. The second-order valence-corrected chi connectivity index (χ2v) is 5.66. The molecule has 8 heteroatoms. The fraction of sp³-hybridized carbons (Fsp3) is 0.176. The maximum Gasteiger partial charge on any atom is 0.341 e. The van der Waals surface area contributed by atoms with Gasteiger partial charge in [0.1, 0.15) is 17.1 Å². The number of rotatable bonds is 6. The Bertz CT molecular complexity index is 795. The lowest BCUT2D eigenvalue weighted by Crippen LogP contribution is -2.20. The van der Waals surface area contributed by atoms with Crippen molar-refractivity contribution < 1.29 is 23.8 Å². The SMILES string of the molecule is COC(=O)c1cc(Cl)c(NC(=O)COc2cccc(Cl)c2)cc1OC. The maximum atomic E-state index is 12.0. The molecule has 2 aromatic rings. The topological polar surface area (TPSA) is 73.9 Å². The fourth-order valence-electron chi connectivity index (χ4n) is 1.98. The lowest BCUT2D eigenvalue weighted by atomic mass is 10.1. The highest BCUT2D eigenvalue weighted by Crippen LogP contribution is 2.31. The molecular formula is C17H15Cl2NO5. The van der Waals surface area contributed by atoms with Gasteiger partial charge in [-0.1, -0.05) is 29.3 Å². The van der Waals surface area contributed by atoms with Crippen molar-refractivity contribution in [1.29, 1.82) is 0 Å². The molecule has 0 aliphatic rings. The Morgan fingerprint density at radius 2 is 1.88 bits per heavy atom. The number of benzene rings is 2. The number of carbonyl (C=O) groups is 2. The van der Waals surface area contributed by atoms with Crippen LogP contribution < -0.4 is 14.8 Å². The molecule has 0 aromatic heterocycles. The van der Waals surface area contributed by atoms with Crippen LogP contribution in [0.1, 0.15) is 10.4 Å². The molecule has 0 atom stereocenters. The Kier molecular flexibility index (Phi) is 6.50. The molecule has 1 N–H and O–H groups in total. The van der Waals surface area contributed by atoms with E-state index in [1.54, 1.807) is 24.3 Å². The van der Waals surface area contributed by atoms with E-state index in [2.05, 4.69) is 10.1 Å². The van der Waals surface area contributed by atoms with Gasteiger partial charge in [-0.3, -0.25) is 4.79 Å². The van der Waals surface area contributed by atoms with E-state index >= 15 is 0 Å². The van der Waals surface area contributed by atoms with E-state index in [4.69, 9.17) is 32.7 Å². The molecule has 0 unspecified atom stereocenters. The van der Waals surface area contributed by atoms with Crippen molar-refractivity contribution >= 4 is 40.8 Å². The van der Waals surface area contributed by atoms with Gasteiger partial charge in [-0.15, -0.1) is 0 Å². The molecule has 0 spiro atoms. The van der Waals surface area contributed by atoms with Crippen LogP contribution in [-0.4, -0.2) is 32.7 Å². The average molecular weight is 384 g/mol. The van der Waals surface area contributed by atoms with E-state index in [9.17, 15) is 9.59 Å². The summed E-state index contributed by atoms with van der Waals surface area (Å²) in [4.78, 5) is 23.7. The number of hydrogen-bond acceptors (Lipinski definition) is 5. The predicted octanol–water partition coefficient (Wildman–Crippen LogP) is 3.81. The number of anilines is 1. The third-order valence-electron chi connectivity index (χ3n) is 3.13. The van der Waals surface area contributed by atoms with Gasteiger partial charge in [0.25, 0.3) is 5.91 Å². The molecule has 6 nitrogen and oxygen atoms in total. The Morgan fingerprint density at radius 1 is 1.12 bits per heavy atom. The monoisotopic (exact) mass is 383 g/mol. The van der Waals surface area contributed by atoms with Gasteiger partial charge in [-0.05, 0) is 24.3 Å². The molecule has 0 aliphatic heterocycles. The third kappa shape index (κ3) is 5.01. The average Bonchev–Trinajstić information content (AvgIpc) is 2.60. The van der Waals surface area contributed by atoms with Gasteiger partial charge >= 0.3 is 5.97 Å². The molecule has 0 bridgehead atoms. The highest BCUT2D eigenvalue weighted by Gasteiger charge is 2.17. The van der Waals surface area contributed by atoms with Gasteiger partial charge < -0.3 is 19.5 Å². The molecule has 2 rings (SSSR count). The normalized spacial score (nSPS) is 10.1. The van der Waals surface area contributed by atoms with E-state index in [-0.39, 0.29) is 28.6 Å². The molecule has 0 saturated heterocycles. The summed E-state index contributed by atoms with van der Waals surface area (Å²) in [7, 11) is 2.64. The minimum absolute atomic E-state index is 0.156. The minimum atomic E-state index is -0.596. The molecular weight excluding hydrogens is 369 g/mol. The van der Waals surface area contributed by atoms with Crippen LogP contribution in [0.2, 0.25) is 10.0 Å². The summed E-state index contributed by atoms with van der Waals surface area (Å²) in [5, 5.41) is 3.26. The van der Waals surface area contributed by atoms with Gasteiger partial charge in [-0.25, -0.2) is 4.79 Å². The van der Waals surface area contributed by atoms with E-state index in [1.165, 1.54) is 26.4 Å². The van der Waals surface area contributed by atoms with Crippen LogP contribution >= 0.6 is 23.2 Å². The number of carbonyl (C=O) groups excluding carboxylic acids is 2. The van der Waals surface area contributed by atoms with Crippen LogP contribution in [0.4, 0.5) is 5.69 Å². The van der Waals surface area contributed by atoms with Crippen LogP contribution in [0.3, 0.4) is 0 Å². The minimum Gasteiger partial charge on any atom is -0.496 e. The smallest absolute Gasteiger partial charge is 0.341 e. The van der Waals surface area contributed by atoms with Gasteiger partial charge in [-0.2, -0.15) is 0 Å². The first kappa shape index (κ1) is 18.9. The molecule has 0 saturated carbocycles. The quantitative estimate of drug-likeness (QED) is 0.767. The summed E-state index contributed by atoms with van der Waals surface area (Å²) < 4.78 is 15.1. The van der Waals surface area contributed by atoms with E-state index in [0.717, 1.165) is 0 Å². The number of hydrogen-bond donors (Lipinski definition) is 1. The van der Waals surface area contributed by atoms with Crippen LogP contribution in [0, 0.1) is 0 Å². The number of methoxy groups -OCH3 is 2. The standard InChI is InChI=1S/C17H15Cl2NO5/c1-23-15-8-14(13(19)7-12(15)17(22)24-2)20-16(21)9-25-11-5-3-4-10(18)6-11/h3-8H,9H2,1-2H3,(H,20,21). The summed E-state index contributed by atoms with van der Waals surface area (Å²) in [5.74, 6) is -0.342. The zero-order valence-electron chi connectivity index (χ0n) is 13.5. The number of nitrogens with one attached hydrogen (secondary N) is 1. The highest BCUT2D eigenvalue weighted by molar-refractivity contribution is 6.34. The maximum absolute atomic E-state index is 12.0. The van der Waals surface area contributed by atoms with Gasteiger partial charge in [0, 0.05) is 11.1 Å². The van der Waals surface area contributed by atoms with Crippen LogP contribution in [0.25, 0.3) is 0 Å². The van der Waals surface area contributed by atoms with Crippen LogP contribution in [0.5, 0.6) is 11.5 Å². The van der Waals surface area contributed by atoms with Crippen LogP contribution in [0.15, 0.2) is 36.4 Å². The zero-order valence-corrected chi connectivity index (χ0v) is 15.0. The number of ether oxygens (including phenoxy) is 3. The lowest BCUT2D eigenvalue weighted by molar-refractivity contribution is -0.118. The summed E-state index contributed by atoms with van der Waals surface area (Å²) >= 11 is 12.0. The summed E-state index contributed by atoms with van der Waals surface area (Å²) in [6, 6.07) is 9.48. The fourth-order valence-corrected chi connectivity index (χ4v) is 2.37. The Morgan fingerprint density at radius 3 is 2.52 bits per heavy atom. The number of amides is 1. The van der Waals surface area contributed by atoms with Crippen molar-refractivity contribution in [3.63, 3.8) is 0 Å². The summed E-state index contributed by atoms with van der Waals surface area (Å²) in [5.41, 5.74) is 0.439. The summed E-state index contributed by atoms with van der Waals surface area (Å²) in [6.07, 6.45) is 0. The molecule has 0 aliphatic carbocycles. The predicted molar refractivity (Wildman–Crippen MR) is 94.9 cm³/mol. The van der Waals surface area contributed by atoms with Crippen molar-refractivity contribution in [2.75, 3.05) is 26.1 Å². The first-order valence-corrected chi connectivity index (χ1v) is 7.84. The Balaban J connectivity index is 2.08. The lowest BCUT2D eigenvalue weighted by Gasteiger charge is -2.13. The van der Waals surface area contributed by atoms with Gasteiger partial charge in [0.05, 0.1) is 24.9 Å². The second kappa shape index (κ2) is 8.60. The molecule has 0 fully saturated rings. The van der Waals surface area contributed by atoms with Crippen molar-refractivity contribution in [3.8, 4) is 11.5 Å². The van der Waals surface area contributed by atoms with E-state index in [1.807, 2.05) is 0 Å².